The number of aryl methyl sites for hydroxylation is 1. The van der Waals surface area contributed by atoms with E-state index < -0.39 is 0 Å². The van der Waals surface area contributed by atoms with Crippen LogP contribution in [0, 0.1) is 0 Å². The van der Waals surface area contributed by atoms with Gasteiger partial charge in [0.25, 0.3) is 0 Å². The van der Waals surface area contributed by atoms with Gasteiger partial charge in [0, 0.05) is 26.7 Å². The van der Waals surface area contributed by atoms with Crippen molar-refractivity contribution in [1.29, 1.82) is 0 Å². The highest BCUT2D eigenvalue weighted by Gasteiger charge is 2.00. The maximum Gasteiger partial charge on any atom is 0.191 e. The van der Waals surface area contributed by atoms with Crippen molar-refractivity contribution in [1.82, 2.24) is 15.5 Å². The highest BCUT2D eigenvalue weighted by molar-refractivity contribution is 14.0. The lowest BCUT2D eigenvalue weighted by molar-refractivity contribution is 0.281. The summed E-state index contributed by atoms with van der Waals surface area (Å²) in [5.74, 6) is 1.75. The molecule has 29 heavy (non-hydrogen) atoms. The normalized spacial score (nSPS) is 11.1. The summed E-state index contributed by atoms with van der Waals surface area (Å²) in [4.78, 5) is 6.46. The number of hydrogen-bond donors (Lipinski definition) is 2. The van der Waals surface area contributed by atoms with Crippen molar-refractivity contribution in [2.24, 2.45) is 4.99 Å². The number of rotatable bonds is 11. The molecular formula is C23H35IN4O. The Morgan fingerprint density at radius 2 is 1.66 bits per heavy atom. The van der Waals surface area contributed by atoms with Crippen molar-refractivity contribution in [3.63, 3.8) is 0 Å². The van der Waals surface area contributed by atoms with Gasteiger partial charge in [-0.2, -0.15) is 0 Å². The van der Waals surface area contributed by atoms with Gasteiger partial charge >= 0.3 is 0 Å². The molecule has 0 saturated heterocycles. The molecule has 0 spiro atoms. The van der Waals surface area contributed by atoms with Crippen LogP contribution in [0.5, 0.6) is 5.75 Å². The van der Waals surface area contributed by atoms with E-state index in [9.17, 15) is 0 Å². The molecule has 5 nitrogen and oxygen atoms in total. The van der Waals surface area contributed by atoms with Gasteiger partial charge in [0.05, 0.1) is 6.61 Å². The minimum absolute atomic E-state index is 0. The first-order chi connectivity index (χ1) is 13.7. The molecule has 0 atom stereocenters. The Kier molecular flexibility index (Phi) is 13.1. The molecule has 0 aromatic heterocycles. The Morgan fingerprint density at radius 1 is 0.931 bits per heavy atom. The number of benzene rings is 2. The highest BCUT2D eigenvalue weighted by atomic mass is 127. The second-order valence-electron chi connectivity index (χ2n) is 7.09. The van der Waals surface area contributed by atoms with Crippen LogP contribution < -0.4 is 15.4 Å². The van der Waals surface area contributed by atoms with E-state index in [2.05, 4.69) is 77.1 Å². The van der Waals surface area contributed by atoms with Crippen LogP contribution in [0.25, 0.3) is 0 Å². The van der Waals surface area contributed by atoms with Gasteiger partial charge in [-0.15, -0.1) is 24.0 Å². The SMILES string of the molecule is CN=C(NCCCc1ccccc1)NCc1ccc(OCCCN(C)C)cc1.I. The Bertz CT molecular complexity index is 690. The van der Waals surface area contributed by atoms with Crippen molar-refractivity contribution < 1.29 is 4.74 Å². The van der Waals surface area contributed by atoms with Gasteiger partial charge in [-0.1, -0.05) is 42.5 Å². The first kappa shape index (κ1) is 25.2. The molecule has 6 heteroatoms. The van der Waals surface area contributed by atoms with Crippen LogP contribution >= 0.6 is 24.0 Å². The number of nitrogens with zero attached hydrogens (tertiary/aromatic N) is 2. The zero-order valence-corrected chi connectivity index (χ0v) is 20.2. The fourth-order valence-corrected chi connectivity index (χ4v) is 2.82. The van der Waals surface area contributed by atoms with E-state index in [0.717, 1.165) is 57.2 Å². The van der Waals surface area contributed by atoms with Crippen LogP contribution in [0.1, 0.15) is 24.0 Å². The standard InChI is InChI=1S/C23H34N4O.HI/c1-24-23(25-16-7-11-20-9-5-4-6-10-20)26-19-21-12-14-22(15-13-21)28-18-8-17-27(2)3;/h4-6,9-10,12-15H,7-8,11,16-19H2,1-3H3,(H2,24,25,26);1H. The van der Waals surface area contributed by atoms with Crippen LogP contribution in [0.15, 0.2) is 59.6 Å². The smallest absolute Gasteiger partial charge is 0.191 e. The van der Waals surface area contributed by atoms with E-state index in [0.29, 0.717) is 0 Å². The quantitative estimate of drug-likeness (QED) is 0.208. The van der Waals surface area contributed by atoms with Gasteiger partial charge in [0.1, 0.15) is 5.75 Å². The maximum absolute atomic E-state index is 5.78. The average molecular weight is 510 g/mol. The molecule has 0 aliphatic heterocycles. The lowest BCUT2D eigenvalue weighted by atomic mass is 10.1. The van der Waals surface area contributed by atoms with E-state index >= 15 is 0 Å². The molecule has 2 N–H and O–H groups in total. The average Bonchev–Trinajstić information content (AvgIpc) is 2.72. The molecule has 0 bridgehead atoms. The van der Waals surface area contributed by atoms with Gasteiger partial charge < -0.3 is 20.3 Å². The van der Waals surface area contributed by atoms with Gasteiger partial charge in [-0.3, -0.25) is 4.99 Å². The Morgan fingerprint density at radius 3 is 2.31 bits per heavy atom. The summed E-state index contributed by atoms with van der Waals surface area (Å²) in [5.41, 5.74) is 2.57. The Labute approximate surface area is 193 Å². The second kappa shape index (κ2) is 15.1. The van der Waals surface area contributed by atoms with Crippen LogP contribution in [-0.4, -0.2) is 51.7 Å². The molecule has 2 aromatic carbocycles. The summed E-state index contributed by atoms with van der Waals surface area (Å²) >= 11 is 0. The number of ether oxygens (including phenoxy) is 1. The van der Waals surface area contributed by atoms with Crippen molar-refractivity contribution in [3.8, 4) is 5.75 Å². The van der Waals surface area contributed by atoms with E-state index in [1.54, 1.807) is 7.05 Å². The van der Waals surface area contributed by atoms with Gasteiger partial charge in [0.2, 0.25) is 0 Å². The maximum atomic E-state index is 5.78. The molecule has 0 unspecified atom stereocenters. The number of aliphatic imine (C=N–C) groups is 1. The minimum Gasteiger partial charge on any atom is -0.494 e. The topological polar surface area (TPSA) is 48.9 Å². The van der Waals surface area contributed by atoms with E-state index in [1.807, 2.05) is 12.1 Å². The Hall–Kier alpha value is -1.80. The van der Waals surface area contributed by atoms with Crippen LogP contribution in [0.4, 0.5) is 0 Å². The molecule has 2 rings (SSSR count). The monoisotopic (exact) mass is 510 g/mol. The number of halogens is 1. The van der Waals surface area contributed by atoms with Crippen molar-refractivity contribution in [2.75, 3.05) is 40.8 Å². The first-order valence-electron chi connectivity index (χ1n) is 10.0. The molecule has 0 fully saturated rings. The zero-order chi connectivity index (χ0) is 20.0. The fraction of sp³-hybridized carbons (Fsp3) is 0.435. The third kappa shape index (κ3) is 11.1. The number of hydrogen-bond acceptors (Lipinski definition) is 3. The van der Waals surface area contributed by atoms with Gasteiger partial charge in [0.15, 0.2) is 5.96 Å². The summed E-state index contributed by atoms with van der Waals surface area (Å²) in [6, 6.07) is 18.8. The van der Waals surface area contributed by atoms with E-state index in [1.165, 1.54) is 11.1 Å². The fourth-order valence-electron chi connectivity index (χ4n) is 2.82. The molecule has 0 heterocycles. The van der Waals surface area contributed by atoms with E-state index in [-0.39, 0.29) is 24.0 Å². The molecule has 0 amide bonds. The summed E-state index contributed by atoms with van der Waals surface area (Å²) in [6.45, 7) is 3.42. The predicted octanol–water partition coefficient (Wildman–Crippen LogP) is 3.93. The molecular weight excluding hydrogens is 475 g/mol. The number of guanidine groups is 1. The predicted molar refractivity (Wildman–Crippen MR) is 133 cm³/mol. The lowest BCUT2D eigenvalue weighted by Gasteiger charge is -2.13. The molecule has 0 saturated carbocycles. The summed E-state index contributed by atoms with van der Waals surface area (Å²) in [7, 11) is 5.96. The largest absolute Gasteiger partial charge is 0.494 e. The van der Waals surface area contributed by atoms with Crippen LogP contribution in [0.3, 0.4) is 0 Å². The zero-order valence-electron chi connectivity index (χ0n) is 17.9. The third-order valence-electron chi connectivity index (χ3n) is 4.40. The third-order valence-corrected chi connectivity index (χ3v) is 4.40. The summed E-state index contributed by atoms with van der Waals surface area (Å²) in [5, 5.41) is 6.74. The van der Waals surface area contributed by atoms with Crippen LogP contribution in [0.2, 0.25) is 0 Å². The van der Waals surface area contributed by atoms with Crippen molar-refractivity contribution in [2.45, 2.75) is 25.8 Å². The van der Waals surface area contributed by atoms with Crippen molar-refractivity contribution in [3.05, 3.63) is 65.7 Å². The van der Waals surface area contributed by atoms with E-state index in [4.69, 9.17) is 4.74 Å². The summed E-state index contributed by atoms with van der Waals surface area (Å²) < 4.78 is 5.78. The molecule has 0 radical (unpaired) electrons. The first-order valence-corrected chi connectivity index (χ1v) is 10.0. The second-order valence-corrected chi connectivity index (χ2v) is 7.09. The summed E-state index contributed by atoms with van der Waals surface area (Å²) in [6.07, 6.45) is 3.17. The minimum atomic E-state index is 0. The highest BCUT2D eigenvalue weighted by Crippen LogP contribution is 2.12. The lowest BCUT2D eigenvalue weighted by Crippen LogP contribution is -2.37. The van der Waals surface area contributed by atoms with Crippen molar-refractivity contribution >= 4 is 29.9 Å². The van der Waals surface area contributed by atoms with Crippen LogP contribution in [-0.2, 0) is 13.0 Å². The Balaban J connectivity index is 0.00000420. The van der Waals surface area contributed by atoms with Gasteiger partial charge in [-0.25, -0.2) is 0 Å². The van der Waals surface area contributed by atoms with Gasteiger partial charge in [-0.05, 0) is 56.6 Å². The molecule has 2 aromatic rings. The number of nitrogens with one attached hydrogen (secondary N) is 2. The molecule has 0 aliphatic carbocycles. The molecule has 0 aliphatic rings. The molecule has 160 valence electrons.